The average Bonchev–Trinajstić information content (AvgIpc) is 2.74. The SMILES string of the molecule is CCS(=O)(=O)Nc1ccc(C(=O)N2CCN(C(C)(C)c3ccccc3F)CC2)cc1. The van der Waals surface area contributed by atoms with E-state index in [0.29, 0.717) is 43.0 Å². The summed E-state index contributed by atoms with van der Waals surface area (Å²) in [7, 11) is -3.35. The van der Waals surface area contributed by atoms with Crippen molar-refractivity contribution in [2.24, 2.45) is 0 Å². The van der Waals surface area contributed by atoms with E-state index in [-0.39, 0.29) is 17.5 Å². The van der Waals surface area contributed by atoms with Gasteiger partial charge in [-0.15, -0.1) is 0 Å². The zero-order valence-electron chi connectivity index (χ0n) is 17.6. The molecule has 1 fully saturated rings. The maximum absolute atomic E-state index is 14.3. The van der Waals surface area contributed by atoms with Gasteiger partial charge in [0, 0.05) is 48.5 Å². The Bertz CT molecular complexity index is 999. The number of anilines is 1. The van der Waals surface area contributed by atoms with Crippen molar-refractivity contribution >= 4 is 21.6 Å². The van der Waals surface area contributed by atoms with Crippen molar-refractivity contribution in [3.63, 3.8) is 0 Å². The number of hydrogen-bond acceptors (Lipinski definition) is 4. The second-order valence-corrected chi connectivity index (χ2v) is 9.91. The van der Waals surface area contributed by atoms with Crippen molar-refractivity contribution in [3.8, 4) is 0 Å². The van der Waals surface area contributed by atoms with Gasteiger partial charge in [0.15, 0.2) is 0 Å². The highest BCUT2D eigenvalue weighted by Crippen LogP contribution is 2.30. The molecule has 0 bridgehead atoms. The van der Waals surface area contributed by atoms with E-state index in [9.17, 15) is 17.6 Å². The minimum Gasteiger partial charge on any atom is -0.336 e. The second kappa shape index (κ2) is 8.73. The fraction of sp³-hybridized carbons (Fsp3) is 0.409. The van der Waals surface area contributed by atoms with E-state index in [1.165, 1.54) is 6.07 Å². The Kier molecular flexibility index (Phi) is 6.47. The quantitative estimate of drug-likeness (QED) is 0.759. The molecule has 8 heteroatoms. The summed E-state index contributed by atoms with van der Waals surface area (Å²) in [5.74, 6) is -0.329. The highest BCUT2D eigenvalue weighted by Gasteiger charge is 2.34. The summed E-state index contributed by atoms with van der Waals surface area (Å²) in [4.78, 5) is 16.8. The number of carbonyl (C=O) groups excluding carboxylic acids is 1. The third-order valence-electron chi connectivity index (χ3n) is 5.68. The van der Waals surface area contributed by atoms with Gasteiger partial charge >= 0.3 is 0 Å². The van der Waals surface area contributed by atoms with Gasteiger partial charge in [0.1, 0.15) is 5.82 Å². The molecule has 0 spiro atoms. The van der Waals surface area contributed by atoms with E-state index in [2.05, 4.69) is 9.62 Å². The van der Waals surface area contributed by atoms with Gasteiger partial charge in [0.25, 0.3) is 5.91 Å². The number of benzene rings is 2. The molecular formula is C22H28FN3O3S. The van der Waals surface area contributed by atoms with Crippen LogP contribution < -0.4 is 4.72 Å². The standard InChI is InChI=1S/C22H28FN3O3S/c1-4-30(28,29)24-18-11-9-17(10-12-18)21(27)25-13-15-26(16-14-25)22(2,3)19-7-5-6-8-20(19)23/h5-12,24H,4,13-16H2,1-3H3. The molecule has 1 heterocycles. The smallest absolute Gasteiger partial charge is 0.253 e. The predicted octanol–water partition coefficient (Wildman–Crippen LogP) is 3.28. The Labute approximate surface area is 177 Å². The van der Waals surface area contributed by atoms with Crippen molar-refractivity contribution in [2.45, 2.75) is 26.3 Å². The van der Waals surface area contributed by atoms with Gasteiger partial charge in [-0.25, -0.2) is 12.8 Å². The van der Waals surface area contributed by atoms with Crippen LogP contribution in [-0.2, 0) is 15.6 Å². The molecule has 0 radical (unpaired) electrons. The molecule has 1 amide bonds. The lowest BCUT2D eigenvalue weighted by molar-refractivity contribution is 0.0381. The molecule has 1 aliphatic rings. The summed E-state index contributed by atoms with van der Waals surface area (Å²) >= 11 is 0. The number of amides is 1. The highest BCUT2D eigenvalue weighted by molar-refractivity contribution is 7.92. The summed E-state index contributed by atoms with van der Waals surface area (Å²) in [5, 5.41) is 0. The molecule has 1 saturated heterocycles. The maximum atomic E-state index is 14.3. The van der Waals surface area contributed by atoms with Gasteiger partial charge < -0.3 is 4.90 Å². The van der Waals surface area contributed by atoms with Gasteiger partial charge in [-0.05, 0) is 51.1 Å². The zero-order chi connectivity index (χ0) is 21.9. The van der Waals surface area contributed by atoms with Gasteiger partial charge in [0.05, 0.1) is 5.75 Å². The van der Waals surface area contributed by atoms with Crippen LogP contribution in [0, 0.1) is 5.82 Å². The number of sulfonamides is 1. The lowest BCUT2D eigenvalue weighted by atomic mass is 9.91. The Morgan fingerprint density at radius 2 is 1.63 bits per heavy atom. The average molecular weight is 434 g/mol. The lowest BCUT2D eigenvalue weighted by Gasteiger charge is -2.44. The molecule has 2 aromatic carbocycles. The number of piperazine rings is 1. The number of nitrogens with one attached hydrogen (secondary N) is 1. The van der Waals surface area contributed by atoms with Crippen LogP contribution in [0.25, 0.3) is 0 Å². The van der Waals surface area contributed by atoms with Crippen LogP contribution in [0.15, 0.2) is 48.5 Å². The topological polar surface area (TPSA) is 69.7 Å². The van der Waals surface area contributed by atoms with Crippen molar-refractivity contribution in [3.05, 3.63) is 65.5 Å². The molecule has 3 rings (SSSR count). The van der Waals surface area contributed by atoms with Crippen molar-refractivity contribution in [1.82, 2.24) is 9.80 Å². The summed E-state index contributed by atoms with van der Waals surface area (Å²) < 4.78 is 40.1. The number of carbonyl (C=O) groups is 1. The second-order valence-electron chi connectivity index (χ2n) is 7.90. The summed E-state index contributed by atoms with van der Waals surface area (Å²) in [6.07, 6.45) is 0. The monoisotopic (exact) mass is 433 g/mol. The number of rotatable bonds is 6. The first-order valence-electron chi connectivity index (χ1n) is 10.0. The van der Waals surface area contributed by atoms with Crippen LogP contribution >= 0.6 is 0 Å². The Morgan fingerprint density at radius 3 is 2.20 bits per heavy atom. The van der Waals surface area contributed by atoms with Crippen molar-refractivity contribution in [1.29, 1.82) is 0 Å². The van der Waals surface area contributed by atoms with E-state index in [0.717, 1.165) is 0 Å². The van der Waals surface area contributed by atoms with Gasteiger partial charge in [-0.2, -0.15) is 0 Å². The van der Waals surface area contributed by atoms with E-state index in [1.807, 2.05) is 19.9 Å². The molecule has 0 saturated carbocycles. The van der Waals surface area contributed by atoms with Crippen LogP contribution in [0.1, 0.15) is 36.7 Å². The summed E-state index contributed by atoms with van der Waals surface area (Å²) in [6, 6.07) is 13.3. The largest absolute Gasteiger partial charge is 0.336 e. The Hall–Kier alpha value is -2.45. The van der Waals surface area contributed by atoms with Crippen molar-refractivity contribution < 1.29 is 17.6 Å². The third-order valence-corrected chi connectivity index (χ3v) is 6.98. The molecule has 1 N–H and O–H groups in total. The van der Waals surface area contributed by atoms with E-state index in [4.69, 9.17) is 0 Å². The molecule has 0 atom stereocenters. The normalized spacial score (nSPS) is 15.8. The lowest BCUT2D eigenvalue weighted by Crippen LogP contribution is -2.54. The first kappa shape index (κ1) is 22.2. The number of halogens is 1. The minimum absolute atomic E-state index is 0.0127. The molecule has 162 valence electrons. The van der Waals surface area contributed by atoms with E-state index in [1.54, 1.807) is 48.2 Å². The third kappa shape index (κ3) is 4.82. The van der Waals surface area contributed by atoms with Crippen molar-refractivity contribution in [2.75, 3.05) is 36.7 Å². The molecule has 30 heavy (non-hydrogen) atoms. The predicted molar refractivity (Wildman–Crippen MR) is 116 cm³/mol. The molecule has 2 aromatic rings. The summed E-state index contributed by atoms with van der Waals surface area (Å²) in [6.45, 7) is 7.93. The number of hydrogen-bond donors (Lipinski definition) is 1. The molecule has 6 nitrogen and oxygen atoms in total. The zero-order valence-corrected chi connectivity index (χ0v) is 18.4. The Morgan fingerprint density at radius 1 is 1.03 bits per heavy atom. The fourth-order valence-corrected chi connectivity index (χ4v) is 4.35. The van der Waals surface area contributed by atoms with Crippen LogP contribution in [0.3, 0.4) is 0 Å². The molecule has 0 unspecified atom stereocenters. The number of nitrogens with zero attached hydrogens (tertiary/aromatic N) is 2. The summed E-state index contributed by atoms with van der Waals surface area (Å²) in [5.41, 5.74) is 1.12. The van der Waals surface area contributed by atoms with Crippen LogP contribution in [0.2, 0.25) is 0 Å². The van der Waals surface area contributed by atoms with Gasteiger partial charge in [-0.1, -0.05) is 18.2 Å². The molecule has 1 aliphatic heterocycles. The molecule has 0 aromatic heterocycles. The van der Waals surface area contributed by atoms with E-state index >= 15 is 0 Å². The molecular weight excluding hydrogens is 405 g/mol. The van der Waals surface area contributed by atoms with Gasteiger partial charge in [-0.3, -0.25) is 14.4 Å². The maximum Gasteiger partial charge on any atom is 0.253 e. The van der Waals surface area contributed by atoms with Crippen LogP contribution in [0.4, 0.5) is 10.1 Å². The fourth-order valence-electron chi connectivity index (χ4n) is 3.71. The molecule has 0 aliphatic carbocycles. The highest BCUT2D eigenvalue weighted by atomic mass is 32.2. The first-order valence-corrected chi connectivity index (χ1v) is 11.7. The van der Waals surface area contributed by atoms with Crippen LogP contribution in [-0.4, -0.2) is 56.1 Å². The minimum atomic E-state index is -3.35. The Balaban J connectivity index is 1.63. The van der Waals surface area contributed by atoms with Crippen LogP contribution in [0.5, 0.6) is 0 Å². The van der Waals surface area contributed by atoms with E-state index < -0.39 is 15.6 Å². The first-order chi connectivity index (χ1) is 14.1. The van der Waals surface area contributed by atoms with Gasteiger partial charge in [0.2, 0.25) is 10.0 Å².